The Morgan fingerprint density at radius 3 is 2.72 bits per heavy atom. The molecule has 0 amide bonds. The summed E-state index contributed by atoms with van der Waals surface area (Å²) < 4.78 is 0. The number of nitrogens with one attached hydrogen (secondary N) is 2. The van der Waals surface area contributed by atoms with Gasteiger partial charge in [-0.3, -0.25) is 0 Å². The first-order valence-electron chi connectivity index (χ1n) is 7.02. The zero-order valence-electron chi connectivity index (χ0n) is 12.1. The molecule has 1 aliphatic heterocycles. The molecule has 0 radical (unpaired) electrons. The molecule has 1 aromatic carbocycles. The Kier molecular flexibility index (Phi) is 3.96. The van der Waals surface area contributed by atoms with E-state index < -0.39 is 0 Å². The molecule has 2 heteroatoms. The molecule has 1 aromatic rings. The fraction of sp³-hybridized carbons (Fsp3) is 0.625. The number of benzene rings is 1. The minimum Gasteiger partial charge on any atom is -0.384 e. The van der Waals surface area contributed by atoms with Crippen LogP contribution in [0.5, 0.6) is 0 Å². The quantitative estimate of drug-likeness (QED) is 0.855. The second-order valence-corrected chi connectivity index (χ2v) is 6.52. The fourth-order valence-electron chi connectivity index (χ4n) is 2.42. The Morgan fingerprint density at radius 1 is 1.33 bits per heavy atom. The van der Waals surface area contributed by atoms with Crippen molar-refractivity contribution in [1.29, 1.82) is 0 Å². The van der Waals surface area contributed by atoms with Gasteiger partial charge in [0.15, 0.2) is 0 Å². The number of anilines is 1. The molecule has 100 valence electrons. The number of rotatable bonds is 3. The van der Waals surface area contributed by atoms with Gasteiger partial charge in [-0.1, -0.05) is 32.9 Å². The topological polar surface area (TPSA) is 24.1 Å². The molecule has 1 heterocycles. The van der Waals surface area contributed by atoms with Gasteiger partial charge in [-0.2, -0.15) is 0 Å². The lowest BCUT2D eigenvalue weighted by Gasteiger charge is -2.22. The summed E-state index contributed by atoms with van der Waals surface area (Å²) in [4.78, 5) is 0. The van der Waals surface area contributed by atoms with Gasteiger partial charge in [0.1, 0.15) is 0 Å². The highest BCUT2D eigenvalue weighted by Gasteiger charge is 2.16. The van der Waals surface area contributed by atoms with Crippen molar-refractivity contribution in [2.75, 3.05) is 25.0 Å². The lowest BCUT2D eigenvalue weighted by Crippen LogP contribution is -2.18. The fourth-order valence-corrected chi connectivity index (χ4v) is 2.42. The lowest BCUT2D eigenvalue weighted by atomic mass is 9.86. The molecule has 18 heavy (non-hydrogen) atoms. The number of hydrogen-bond acceptors (Lipinski definition) is 2. The molecule has 1 atom stereocenters. The van der Waals surface area contributed by atoms with Gasteiger partial charge < -0.3 is 10.6 Å². The Morgan fingerprint density at radius 2 is 2.11 bits per heavy atom. The minimum atomic E-state index is 0.221. The van der Waals surface area contributed by atoms with Gasteiger partial charge in [-0.15, -0.1) is 0 Å². The second-order valence-electron chi connectivity index (χ2n) is 6.52. The maximum Gasteiger partial charge on any atom is 0.0372 e. The van der Waals surface area contributed by atoms with Crippen LogP contribution in [0.1, 0.15) is 38.3 Å². The Balaban J connectivity index is 2.06. The molecule has 1 fully saturated rings. The van der Waals surface area contributed by atoms with Crippen molar-refractivity contribution in [3.8, 4) is 0 Å². The highest BCUT2D eigenvalue weighted by Crippen LogP contribution is 2.27. The van der Waals surface area contributed by atoms with Crippen molar-refractivity contribution in [3.63, 3.8) is 0 Å². The van der Waals surface area contributed by atoms with Crippen LogP contribution < -0.4 is 10.6 Å². The molecule has 1 unspecified atom stereocenters. The van der Waals surface area contributed by atoms with Crippen LogP contribution >= 0.6 is 0 Å². The highest BCUT2D eigenvalue weighted by molar-refractivity contribution is 5.53. The van der Waals surface area contributed by atoms with E-state index in [2.05, 4.69) is 56.5 Å². The van der Waals surface area contributed by atoms with Crippen LogP contribution in [0.25, 0.3) is 0 Å². The largest absolute Gasteiger partial charge is 0.384 e. The molecule has 2 rings (SSSR count). The predicted molar refractivity (Wildman–Crippen MR) is 79.3 cm³/mol. The molecule has 0 saturated carbocycles. The standard InChI is InChI=1S/C16H26N2/c1-12-5-6-14(16(2,3)4)9-15(12)18-11-13-7-8-17-10-13/h5-6,9,13,17-18H,7-8,10-11H2,1-4H3. The first-order chi connectivity index (χ1) is 8.47. The SMILES string of the molecule is Cc1ccc(C(C)(C)C)cc1NCC1CCNC1. The van der Waals surface area contributed by atoms with E-state index in [0.29, 0.717) is 0 Å². The van der Waals surface area contributed by atoms with Crippen molar-refractivity contribution in [1.82, 2.24) is 5.32 Å². The highest BCUT2D eigenvalue weighted by atomic mass is 14.9. The molecular formula is C16H26N2. The number of aryl methyl sites for hydroxylation is 1. The van der Waals surface area contributed by atoms with Crippen molar-refractivity contribution in [3.05, 3.63) is 29.3 Å². The Bertz CT molecular complexity index is 398. The van der Waals surface area contributed by atoms with Gasteiger partial charge in [-0.05, 0) is 55.0 Å². The first kappa shape index (κ1) is 13.4. The van der Waals surface area contributed by atoms with E-state index in [-0.39, 0.29) is 5.41 Å². The summed E-state index contributed by atoms with van der Waals surface area (Å²) >= 11 is 0. The Labute approximate surface area is 111 Å². The van der Waals surface area contributed by atoms with Crippen LogP contribution in [-0.4, -0.2) is 19.6 Å². The predicted octanol–water partition coefficient (Wildman–Crippen LogP) is 3.31. The lowest BCUT2D eigenvalue weighted by molar-refractivity contribution is 0.589. The van der Waals surface area contributed by atoms with E-state index in [4.69, 9.17) is 0 Å². The Hall–Kier alpha value is -1.02. The summed E-state index contributed by atoms with van der Waals surface area (Å²) in [5, 5.41) is 7.05. The van der Waals surface area contributed by atoms with Crippen LogP contribution in [0.4, 0.5) is 5.69 Å². The third-order valence-electron chi connectivity index (χ3n) is 3.85. The zero-order chi connectivity index (χ0) is 13.2. The maximum atomic E-state index is 3.63. The van der Waals surface area contributed by atoms with Gasteiger partial charge in [0.25, 0.3) is 0 Å². The van der Waals surface area contributed by atoms with Gasteiger partial charge in [0.2, 0.25) is 0 Å². The summed E-state index contributed by atoms with van der Waals surface area (Å²) in [6.45, 7) is 12.4. The molecule has 0 aromatic heterocycles. The van der Waals surface area contributed by atoms with E-state index in [1.807, 2.05) is 0 Å². The van der Waals surface area contributed by atoms with Crippen molar-refractivity contribution in [2.45, 2.75) is 39.5 Å². The third-order valence-corrected chi connectivity index (χ3v) is 3.85. The summed E-state index contributed by atoms with van der Waals surface area (Å²) in [6, 6.07) is 6.80. The molecule has 0 spiro atoms. The van der Waals surface area contributed by atoms with Crippen LogP contribution in [0.2, 0.25) is 0 Å². The van der Waals surface area contributed by atoms with E-state index in [0.717, 1.165) is 19.0 Å². The van der Waals surface area contributed by atoms with Crippen LogP contribution in [0.15, 0.2) is 18.2 Å². The average Bonchev–Trinajstić information content (AvgIpc) is 2.79. The van der Waals surface area contributed by atoms with E-state index in [1.165, 1.54) is 29.8 Å². The van der Waals surface area contributed by atoms with Crippen molar-refractivity contribution in [2.24, 2.45) is 5.92 Å². The molecule has 0 bridgehead atoms. The van der Waals surface area contributed by atoms with Gasteiger partial charge >= 0.3 is 0 Å². The second kappa shape index (κ2) is 5.31. The van der Waals surface area contributed by atoms with E-state index in [1.54, 1.807) is 0 Å². The summed E-state index contributed by atoms with van der Waals surface area (Å²) in [5.41, 5.74) is 4.27. The van der Waals surface area contributed by atoms with Gasteiger partial charge in [-0.25, -0.2) is 0 Å². The minimum absolute atomic E-state index is 0.221. The van der Waals surface area contributed by atoms with E-state index >= 15 is 0 Å². The van der Waals surface area contributed by atoms with Crippen molar-refractivity contribution >= 4 is 5.69 Å². The van der Waals surface area contributed by atoms with Crippen molar-refractivity contribution < 1.29 is 0 Å². The van der Waals surface area contributed by atoms with Crippen LogP contribution in [-0.2, 0) is 5.41 Å². The monoisotopic (exact) mass is 246 g/mol. The van der Waals surface area contributed by atoms with Gasteiger partial charge in [0.05, 0.1) is 0 Å². The molecule has 2 nitrogen and oxygen atoms in total. The summed E-state index contributed by atoms with van der Waals surface area (Å²) in [5.74, 6) is 0.780. The first-order valence-corrected chi connectivity index (χ1v) is 7.02. The van der Waals surface area contributed by atoms with E-state index in [9.17, 15) is 0 Å². The van der Waals surface area contributed by atoms with Gasteiger partial charge in [0, 0.05) is 12.2 Å². The summed E-state index contributed by atoms with van der Waals surface area (Å²) in [7, 11) is 0. The van der Waals surface area contributed by atoms with Crippen LogP contribution in [0, 0.1) is 12.8 Å². The number of hydrogen-bond donors (Lipinski definition) is 2. The normalized spacial score (nSPS) is 20.1. The zero-order valence-corrected chi connectivity index (χ0v) is 12.1. The smallest absolute Gasteiger partial charge is 0.0372 e. The van der Waals surface area contributed by atoms with Crippen LogP contribution in [0.3, 0.4) is 0 Å². The molecule has 0 aliphatic carbocycles. The third kappa shape index (κ3) is 3.26. The average molecular weight is 246 g/mol. The summed E-state index contributed by atoms with van der Waals surface area (Å²) in [6.07, 6.45) is 1.30. The maximum absolute atomic E-state index is 3.63. The molecule has 2 N–H and O–H groups in total. The molecular weight excluding hydrogens is 220 g/mol. The molecule has 1 aliphatic rings. The molecule has 1 saturated heterocycles.